The van der Waals surface area contributed by atoms with Crippen LogP contribution in [0.5, 0.6) is 5.88 Å². The number of hydrogen-bond donors (Lipinski definition) is 1. The molecule has 2 rings (SSSR count). The van der Waals surface area contributed by atoms with Gasteiger partial charge in [0.15, 0.2) is 0 Å². The van der Waals surface area contributed by atoms with Crippen LogP contribution in [0.2, 0.25) is 0 Å². The SMILES string of the molecule is CCOc1ncnc(Sc2cc(C)nn2C)c1N. The van der Waals surface area contributed by atoms with Crippen molar-refractivity contribution in [1.29, 1.82) is 0 Å². The van der Waals surface area contributed by atoms with Gasteiger partial charge < -0.3 is 10.5 Å². The normalized spacial score (nSPS) is 10.6. The van der Waals surface area contributed by atoms with Crippen molar-refractivity contribution in [3.8, 4) is 5.88 Å². The smallest absolute Gasteiger partial charge is 0.241 e. The maximum absolute atomic E-state index is 5.97. The minimum absolute atomic E-state index is 0.425. The molecule has 0 saturated carbocycles. The molecule has 2 aromatic heterocycles. The summed E-state index contributed by atoms with van der Waals surface area (Å²) < 4.78 is 7.13. The lowest BCUT2D eigenvalue weighted by Gasteiger charge is -2.08. The van der Waals surface area contributed by atoms with Gasteiger partial charge in [-0.1, -0.05) is 0 Å². The molecule has 96 valence electrons. The minimum atomic E-state index is 0.425. The Hall–Kier alpha value is -1.76. The van der Waals surface area contributed by atoms with Gasteiger partial charge in [-0.05, 0) is 31.7 Å². The summed E-state index contributed by atoms with van der Waals surface area (Å²) in [6.45, 7) is 4.36. The highest BCUT2D eigenvalue weighted by atomic mass is 32.2. The number of ether oxygens (including phenoxy) is 1. The van der Waals surface area contributed by atoms with Crippen molar-refractivity contribution >= 4 is 17.4 Å². The second-order valence-electron chi connectivity index (χ2n) is 3.68. The summed E-state index contributed by atoms with van der Waals surface area (Å²) in [4.78, 5) is 8.18. The quantitative estimate of drug-likeness (QED) is 0.847. The zero-order chi connectivity index (χ0) is 13.1. The van der Waals surface area contributed by atoms with Crippen LogP contribution >= 0.6 is 11.8 Å². The number of nitrogen functional groups attached to an aromatic ring is 1. The van der Waals surface area contributed by atoms with Gasteiger partial charge in [0.1, 0.15) is 22.1 Å². The highest BCUT2D eigenvalue weighted by molar-refractivity contribution is 7.99. The Morgan fingerprint density at radius 2 is 2.22 bits per heavy atom. The summed E-state index contributed by atoms with van der Waals surface area (Å²) >= 11 is 1.45. The van der Waals surface area contributed by atoms with Crippen molar-refractivity contribution in [3.63, 3.8) is 0 Å². The molecular weight excluding hydrogens is 250 g/mol. The molecule has 0 bridgehead atoms. The predicted octanol–water partition coefficient (Wildman–Crippen LogP) is 1.65. The third-order valence-corrected chi connectivity index (χ3v) is 3.36. The van der Waals surface area contributed by atoms with Gasteiger partial charge in [0.05, 0.1) is 12.3 Å². The number of hydrogen-bond acceptors (Lipinski definition) is 6. The van der Waals surface area contributed by atoms with Crippen molar-refractivity contribution in [3.05, 3.63) is 18.1 Å². The Morgan fingerprint density at radius 1 is 1.44 bits per heavy atom. The van der Waals surface area contributed by atoms with E-state index < -0.39 is 0 Å². The van der Waals surface area contributed by atoms with Gasteiger partial charge in [-0.2, -0.15) is 10.1 Å². The number of aryl methyl sites for hydroxylation is 2. The van der Waals surface area contributed by atoms with Crippen molar-refractivity contribution < 1.29 is 4.74 Å². The Bertz CT molecular complexity index is 554. The Labute approximate surface area is 110 Å². The molecule has 0 spiro atoms. The highest BCUT2D eigenvalue weighted by Gasteiger charge is 2.12. The van der Waals surface area contributed by atoms with Crippen LogP contribution < -0.4 is 10.5 Å². The average molecular weight is 265 g/mol. The summed E-state index contributed by atoms with van der Waals surface area (Å²) in [6, 6.07) is 1.98. The Kier molecular flexibility index (Phi) is 3.71. The van der Waals surface area contributed by atoms with E-state index in [1.807, 2.05) is 27.0 Å². The van der Waals surface area contributed by atoms with Crippen LogP contribution in [0, 0.1) is 6.92 Å². The van der Waals surface area contributed by atoms with Gasteiger partial charge in [0, 0.05) is 7.05 Å². The molecule has 0 amide bonds. The Balaban J connectivity index is 2.29. The monoisotopic (exact) mass is 265 g/mol. The van der Waals surface area contributed by atoms with Gasteiger partial charge in [-0.15, -0.1) is 0 Å². The molecule has 0 aliphatic carbocycles. The fourth-order valence-electron chi connectivity index (χ4n) is 1.48. The lowest BCUT2D eigenvalue weighted by Crippen LogP contribution is -2.02. The molecular formula is C11H15N5OS. The summed E-state index contributed by atoms with van der Waals surface area (Å²) in [5.74, 6) is 0.425. The van der Waals surface area contributed by atoms with E-state index in [9.17, 15) is 0 Å². The molecule has 0 radical (unpaired) electrons. The number of nitrogens with two attached hydrogens (primary N) is 1. The van der Waals surface area contributed by atoms with Gasteiger partial charge >= 0.3 is 0 Å². The number of aromatic nitrogens is 4. The zero-order valence-electron chi connectivity index (χ0n) is 10.5. The summed E-state index contributed by atoms with van der Waals surface area (Å²) in [5.41, 5.74) is 7.39. The predicted molar refractivity (Wildman–Crippen MR) is 69.7 cm³/mol. The molecule has 0 unspecified atom stereocenters. The molecule has 2 N–H and O–H groups in total. The van der Waals surface area contributed by atoms with E-state index in [4.69, 9.17) is 10.5 Å². The molecule has 0 aromatic carbocycles. The van der Waals surface area contributed by atoms with Gasteiger partial charge in [-0.25, -0.2) is 4.98 Å². The lowest BCUT2D eigenvalue weighted by atomic mass is 10.5. The van der Waals surface area contributed by atoms with E-state index in [1.165, 1.54) is 18.1 Å². The molecule has 0 fully saturated rings. The second kappa shape index (κ2) is 5.26. The molecule has 0 aliphatic rings. The van der Waals surface area contributed by atoms with Crippen molar-refractivity contribution in [2.45, 2.75) is 23.9 Å². The van der Waals surface area contributed by atoms with Crippen LogP contribution in [-0.2, 0) is 7.05 Å². The molecule has 0 aliphatic heterocycles. The highest BCUT2D eigenvalue weighted by Crippen LogP contribution is 2.33. The summed E-state index contributed by atoms with van der Waals surface area (Å²) in [6.07, 6.45) is 1.45. The third-order valence-electron chi connectivity index (χ3n) is 2.25. The van der Waals surface area contributed by atoms with E-state index >= 15 is 0 Å². The summed E-state index contributed by atoms with van der Waals surface area (Å²) in [7, 11) is 1.89. The number of rotatable bonds is 4. The molecule has 0 atom stereocenters. The molecule has 18 heavy (non-hydrogen) atoms. The third kappa shape index (κ3) is 2.56. The van der Waals surface area contributed by atoms with E-state index in [-0.39, 0.29) is 0 Å². The Morgan fingerprint density at radius 3 is 2.83 bits per heavy atom. The van der Waals surface area contributed by atoms with Crippen molar-refractivity contribution in [1.82, 2.24) is 19.7 Å². The average Bonchev–Trinajstić information content (AvgIpc) is 2.63. The summed E-state index contributed by atoms with van der Waals surface area (Å²) in [5, 5.41) is 5.93. The maximum atomic E-state index is 5.97. The van der Waals surface area contributed by atoms with Crippen LogP contribution in [0.1, 0.15) is 12.6 Å². The van der Waals surface area contributed by atoms with E-state index in [2.05, 4.69) is 15.1 Å². The second-order valence-corrected chi connectivity index (χ2v) is 4.69. The molecule has 2 aromatic rings. The van der Waals surface area contributed by atoms with Gasteiger partial charge in [-0.3, -0.25) is 4.68 Å². The first-order chi connectivity index (χ1) is 8.61. The van der Waals surface area contributed by atoms with E-state index in [0.29, 0.717) is 23.2 Å². The molecule has 6 nitrogen and oxygen atoms in total. The lowest BCUT2D eigenvalue weighted by molar-refractivity contribution is 0.327. The molecule has 0 saturated heterocycles. The first kappa shape index (κ1) is 12.7. The largest absolute Gasteiger partial charge is 0.476 e. The standard InChI is InChI=1S/C11H15N5OS/c1-4-17-10-9(12)11(14-6-13-10)18-8-5-7(2)15-16(8)3/h5-6H,4,12H2,1-3H3. The molecule has 2 heterocycles. The zero-order valence-corrected chi connectivity index (χ0v) is 11.4. The minimum Gasteiger partial charge on any atom is -0.476 e. The van der Waals surface area contributed by atoms with Crippen LogP contribution in [-0.4, -0.2) is 26.4 Å². The van der Waals surface area contributed by atoms with E-state index in [0.717, 1.165) is 10.7 Å². The van der Waals surface area contributed by atoms with Gasteiger partial charge in [0.25, 0.3) is 0 Å². The van der Waals surface area contributed by atoms with E-state index in [1.54, 1.807) is 4.68 Å². The van der Waals surface area contributed by atoms with Crippen LogP contribution in [0.15, 0.2) is 22.4 Å². The van der Waals surface area contributed by atoms with Gasteiger partial charge in [0.2, 0.25) is 5.88 Å². The van der Waals surface area contributed by atoms with Crippen LogP contribution in [0.3, 0.4) is 0 Å². The van der Waals surface area contributed by atoms with Crippen molar-refractivity contribution in [2.24, 2.45) is 7.05 Å². The molecule has 7 heteroatoms. The van der Waals surface area contributed by atoms with Crippen molar-refractivity contribution in [2.75, 3.05) is 12.3 Å². The van der Waals surface area contributed by atoms with Crippen LogP contribution in [0.25, 0.3) is 0 Å². The topological polar surface area (TPSA) is 78.9 Å². The first-order valence-corrected chi connectivity index (χ1v) is 6.35. The number of nitrogens with zero attached hydrogens (tertiary/aromatic N) is 4. The van der Waals surface area contributed by atoms with Crippen LogP contribution in [0.4, 0.5) is 5.69 Å². The fraction of sp³-hybridized carbons (Fsp3) is 0.364. The first-order valence-electron chi connectivity index (χ1n) is 5.53. The number of anilines is 1. The fourth-order valence-corrected chi connectivity index (χ4v) is 2.38. The maximum Gasteiger partial charge on any atom is 0.241 e.